The Morgan fingerprint density at radius 2 is 1.76 bits per heavy atom. The number of carbonyl (C=O) groups excluding carboxylic acids is 2. The average Bonchev–Trinajstić information content (AvgIpc) is 3.38. The highest BCUT2D eigenvalue weighted by atomic mass is 33.1. The number of methoxy groups -OCH3 is 1. The molecule has 2 aromatic carbocycles. The van der Waals surface area contributed by atoms with Gasteiger partial charge in [0.2, 0.25) is 0 Å². The van der Waals surface area contributed by atoms with Gasteiger partial charge in [0.15, 0.2) is 0 Å². The van der Waals surface area contributed by atoms with Crippen LogP contribution in [-0.2, 0) is 23.8 Å². The van der Waals surface area contributed by atoms with Gasteiger partial charge in [-0.05, 0) is 54.7 Å². The van der Waals surface area contributed by atoms with Crippen LogP contribution in [0.1, 0.15) is 50.5 Å². The Bertz CT molecular complexity index is 929. The van der Waals surface area contributed by atoms with Crippen LogP contribution in [0.15, 0.2) is 36.4 Å². The minimum atomic E-state index is -0.376. The minimum absolute atomic E-state index is 0.166. The van der Waals surface area contributed by atoms with Gasteiger partial charge < -0.3 is 18.9 Å². The second-order valence-electron chi connectivity index (χ2n) is 8.27. The Balaban J connectivity index is 1.23. The predicted molar refractivity (Wildman–Crippen MR) is 139 cm³/mol. The van der Waals surface area contributed by atoms with Crippen LogP contribution in [0.3, 0.4) is 0 Å². The number of fused-ring (bicyclic) bond motifs is 1. The Hall–Kier alpha value is -1.90. The molecule has 1 aliphatic heterocycles. The van der Waals surface area contributed by atoms with E-state index >= 15 is 0 Å². The van der Waals surface area contributed by atoms with Crippen LogP contribution in [-0.4, -0.2) is 56.5 Å². The molecule has 2 atom stereocenters. The van der Waals surface area contributed by atoms with Gasteiger partial charge in [-0.2, -0.15) is 0 Å². The molecular weight excluding hydrogens is 472 g/mol. The van der Waals surface area contributed by atoms with Crippen LogP contribution < -0.4 is 4.74 Å². The van der Waals surface area contributed by atoms with E-state index in [1.807, 2.05) is 64.9 Å². The van der Waals surface area contributed by atoms with Crippen molar-refractivity contribution in [3.05, 3.63) is 42.0 Å². The van der Waals surface area contributed by atoms with Crippen molar-refractivity contribution in [1.29, 1.82) is 0 Å². The van der Waals surface area contributed by atoms with Crippen molar-refractivity contribution in [2.75, 3.05) is 39.3 Å². The molecule has 3 rings (SSSR count). The number of ether oxygens (including phenoxy) is 4. The molecule has 0 radical (unpaired) electrons. The van der Waals surface area contributed by atoms with Crippen LogP contribution in [0.2, 0.25) is 0 Å². The molecule has 2 aromatic rings. The highest BCUT2D eigenvalue weighted by Gasteiger charge is 2.18. The van der Waals surface area contributed by atoms with Crippen molar-refractivity contribution in [2.45, 2.75) is 50.2 Å². The maximum atomic E-state index is 12.4. The Morgan fingerprint density at radius 1 is 1.00 bits per heavy atom. The standard InChI is InChI=1S/C26H34O6S2/c1-19(20-7-8-22-18-23(29-2)10-9-21(22)17-20)26(28)32-15-13-30-12-14-31-25(27)6-4-3-5-24-11-16-33-34-24/h7-10,17-19,24H,3-6,11-16H2,1-2H3/t19-,24?/m0/s1. The van der Waals surface area contributed by atoms with E-state index in [0.29, 0.717) is 13.0 Å². The third kappa shape index (κ3) is 8.71. The van der Waals surface area contributed by atoms with Crippen molar-refractivity contribution in [1.82, 2.24) is 0 Å². The number of esters is 2. The maximum absolute atomic E-state index is 12.4. The molecule has 0 aromatic heterocycles. The fourth-order valence-electron chi connectivity index (χ4n) is 3.70. The summed E-state index contributed by atoms with van der Waals surface area (Å²) < 4.78 is 21.2. The van der Waals surface area contributed by atoms with E-state index in [-0.39, 0.29) is 37.7 Å². The van der Waals surface area contributed by atoms with Gasteiger partial charge in [0, 0.05) is 17.4 Å². The summed E-state index contributed by atoms with van der Waals surface area (Å²) in [5.74, 6) is 1.20. The van der Waals surface area contributed by atoms with E-state index in [1.165, 1.54) is 18.6 Å². The number of unbranched alkanes of at least 4 members (excludes halogenated alkanes) is 1. The molecule has 8 heteroatoms. The first-order valence-corrected chi connectivity index (χ1v) is 14.2. The zero-order valence-electron chi connectivity index (χ0n) is 20.0. The van der Waals surface area contributed by atoms with Gasteiger partial charge in [0.05, 0.1) is 26.2 Å². The Labute approximate surface area is 209 Å². The maximum Gasteiger partial charge on any atom is 0.313 e. The van der Waals surface area contributed by atoms with Gasteiger partial charge in [0.25, 0.3) is 0 Å². The second-order valence-corrected chi connectivity index (χ2v) is 11.1. The van der Waals surface area contributed by atoms with E-state index in [1.54, 1.807) is 7.11 Å². The fourth-order valence-corrected chi connectivity index (χ4v) is 6.72. The van der Waals surface area contributed by atoms with Gasteiger partial charge in [-0.25, -0.2) is 0 Å². The SMILES string of the molecule is COc1ccc2cc([C@H](C)C(=O)OCCOCCOC(=O)CCCCC3CCSS3)ccc2c1. The lowest BCUT2D eigenvalue weighted by Crippen LogP contribution is -2.17. The summed E-state index contributed by atoms with van der Waals surface area (Å²) >= 11 is 0. The van der Waals surface area contributed by atoms with Gasteiger partial charge >= 0.3 is 11.9 Å². The topological polar surface area (TPSA) is 71.1 Å². The molecule has 0 aliphatic carbocycles. The lowest BCUT2D eigenvalue weighted by molar-refractivity contribution is -0.147. The highest BCUT2D eigenvalue weighted by Crippen LogP contribution is 2.39. The average molecular weight is 507 g/mol. The molecule has 186 valence electrons. The first-order valence-electron chi connectivity index (χ1n) is 11.8. The number of rotatable bonds is 14. The van der Waals surface area contributed by atoms with E-state index < -0.39 is 0 Å². The molecule has 0 bridgehead atoms. The summed E-state index contributed by atoms with van der Waals surface area (Å²) in [6, 6.07) is 11.8. The molecular formula is C26H34O6S2. The zero-order chi connectivity index (χ0) is 24.2. The molecule has 0 spiro atoms. The summed E-state index contributed by atoms with van der Waals surface area (Å²) in [6.45, 7) is 2.78. The lowest BCUT2D eigenvalue weighted by Gasteiger charge is -2.13. The molecule has 34 heavy (non-hydrogen) atoms. The molecule has 1 unspecified atom stereocenters. The number of hydrogen-bond donors (Lipinski definition) is 0. The number of carbonyl (C=O) groups is 2. The van der Waals surface area contributed by atoms with E-state index in [2.05, 4.69) is 0 Å². The second kappa shape index (κ2) is 14.5. The van der Waals surface area contributed by atoms with Crippen molar-refractivity contribution >= 4 is 44.3 Å². The van der Waals surface area contributed by atoms with Gasteiger partial charge in [-0.15, -0.1) is 0 Å². The molecule has 0 amide bonds. The third-order valence-corrected chi connectivity index (χ3v) is 8.78. The molecule has 0 saturated carbocycles. The molecule has 1 fully saturated rings. The van der Waals surface area contributed by atoms with Gasteiger partial charge in [-0.1, -0.05) is 52.3 Å². The highest BCUT2D eigenvalue weighted by molar-refractivity contribution is 8.77. The van der Waals surface area contributed by atoms with Crippen LogP contribution in [0, 0.1) is 0 Å². The van der Waals surface area contributed by atoms with E-state index in [9.17, 15) is 9.59 Å². The zero-order valence-corrected chi connectivity index (χ0v) is 21.6. The van der Waals surface area contributed by atoms with Crippen molar-refractivity contribution in [3.8, 4) is 5.75 Å². The van der Waals surface area contributed by atoms with Crippen LogP contribution in [0.25, 0.3) is 10.8 Å². The first-order chi connectivity index (χ1) is 16.6. The largest absolute Gasteiger partial charge is 0.497 e. The van der Waals surface area contributed by atoms with E-state index in [0.717, 1.165) is 40.2 Å². The summed E-state index contributed by atoms with van der Waals surface area (Å²) in [5, 5.41) is 2.85. The molecule has 1 aliphatic rings. The Kier molecular flexibility index (Phi) is 11.4. The van der Waals surface area contributed by atoms with Crippen molar-refractivity contribution in [3.63, 3.8) is 0 Å². The molecule has 1 heterocycles. The number of benzene rings is 2. The minimum Gasteiger partial charge on any atom is -0.497 e. The summed E-state index contributed by atoms with van der Waals surface area (Å²) in [5.41, 5.74) is 0.899. The Morgan fingerprint density at radius 3 is 2.53 bits per heavy atom. The van der Waals surface area contributed by atoms with Gasteiger partial charge in [-0.3, -0.25) is 9.59 Å². The van der Waals surface area contributed by atoms with Crippen molar-refractivity contribution in [2.24, 2.45) is 0 Å². The number of hydrogen-bond acceptors (Lipinski definition) is 8. The monoisotopic (exact) mass is 506 g/mol. The van der Waals surface area contributed by atoms with Crippen molar-refractivity contribution < 1.29 is 28.5 Å². The van der Waals surface area contributed by atoms with Crippen LogP contribution in [0.4, 0.5) is 0 Å². The first kappa shape index (κ1) is 26.7. The predicted octanol–water partition coefficient (Wildman–Crippen LogP) is 5.77. The molecule has 1 saturated heterocycles. The molecule has 0 N–H and O–H groups in total. The summed E-state index contributed by atoms with van der Waals surface area (Å²) in [4.78, 5) is 24.2. The van der Waals surface area contributed by atoms with E-state index in [4.69, 9.17) is 18.9 Å². The summed E-state index contributed by atoms with van der Waals surface area (Å²) in [6.07, 6.45) is 4.87. The lowest BCUT2D eigenvalue weighted by atomic mass is 9.98. The smallest absolute Gasteiger partial charge is 0.313 e. The normalized spacial score (nSPS) is 16.4. The van der Waals surface area contributed by atoms with Crippen LogP contribution in [0.5, 0.6) is 5.75 Å². The van der Waals surface area contributed by atoms with Gasteiger partial charge in [0.1, 0.15) is 19.0 Å². The quantitative estimate of drug-likeness (QED) is 0.182. The summed E-state index contributed by atoms with van der Waals surface area (Å²) in [7, 11) is 5.57. The third-order valence-electron chi connectivity index (χ3n) is 5.77. The molecule has 6 nitrogen and oxygen atoms in total. The fraction of sp³-hybridized carbons (Fsp3) is 0.538. The van der Waals surface area contributed by atoms with Crippen LogP contribution >= 0.6 is 21.6 Å².